The number of nitrogens with one attached hydrogen (secondary N) is 1. The van der Waals surface area contributed by atoms with Crippen molar-refractivity contribution in [1.82, 2.24) is 9.55 Å². The Bertz CT molecular complexity index is 1040. The number of carbonyl (C=O) groups is 1. The Balaban J connectivity index is 2.40. The summed E-state index contributed by atoms with van der Waals surface area (Å²) in [5.41, 5.74) is 5.04. The van der Waals surface area contributed by atoms with Gasteiger partial charge < -0.3 is 15.2 Å². The molecule has 10 nitrogen and oxygen atoms in total. The highest BCUT2D eigenvalue weighted by atomic mass is 16.5. The summed E-state index contributed by atoms with van der Waals surface area (Å²) >= 11 is 0. The van der Waals surface area contributed by atoms with Crippen LogP contribution in [0.1, 0.15) is 25.8 Å². The summed E-state index contributed by atoms with van der Waals surface area (Å²) in [6.45, 7) is 3.86. The Hall–Kier alpha value is -3.58. The zero-order valence-corrected chi connectivity index (χ0v) is 17.2. The summed E-state index contributed by atoms with van der Waals surface area (Å²) in [7, 11) is 1.46. The first-order valence-electron chi connectivity index (χ1n) is 9.43. The second kappa shape index (κ2) is 10.3. The number of aromatic nitrogens is 2. The van der Waals surface area contributed by atoms with E-state index in [9.17, 15) is 14.4 Å². The highest BCUT2D eigenvalue weighted by Crippen LogP contribution is 2.20. The largest absolute Gasteiger partial charge is 0.481 e. The quantitative estimate of drug-likeness (QED) is 0.618. The Morgan fingerprint density at radius 1 is 1.33 bits per heavy atom. The molecule has 2 aromatic rings. The maximum Gasteiger partial charge on any atom is 0.330 e. The van der Waals surface area contributed by atoms with Crippen LogP contribution in [0.25, 0.3) is 0 Å². The Labute approximate surface area is 173 Å². The van der Waals surface area contributed by atoms with E-state index >= 15 is 0 Å². The predicted octanol–water partition coefficient (Wildman–Crippen LogP) is 0.847. The van der Waals surface area contributed by atoms with E-state index in [0.717, 1.165) is 4.90 Å². The van der Waals surface area contributed by atoms with Crippen LogP contribution < -0.4 is 26.6 Å². The zero-order chi connectivity index (χ0) is 22.3. The fourth-order valence-electron chi connectivity index (χ4n) is 2.88. The number of anilines is 2. The monoisotopic (exact) mass is 415 g/mol. The van der Waals surface area contributed by atoms with Gasteiger partial charge in [-0.05, 0) is 37.6 Å². The Kier molecular flexibility index (Phi) is 7.77. The molecule has 0 spiro atoms. The smallest absolute Gasteiger partial charge is 0.330 e. The fraction of sp³-hybridized carbons (Fsp3) is 0.400. The summed E-state index contributed by atoms with van der Waals surface area (Å²) in [5, 5.41) is 8.88. The number of nitrogens with zero attached hydrogens (tertiary/aromatic N) is 3. The highest BCUT2D eigenvalue weighted by molar-refractivity contribution is 5.98. The number of benzene rings is 1. The minimum absolute atomic E-state index is 0.0357. The van der Waals surface area contributed by atoms with Gasteiger partial charge >= 0.3 is 5.69 Å². The minimum Gasteiger partial charge on any atom is -0.481 e. The number of hydrogen-bond acceptors (Lipinski definition) is 7. The molecule has 10 heteroatoms. The molecule has 0 aliphatic rings. The van der Waals surface area contributed by atoms with Crippen LogP contribution in [0, 0.1) is 11.3 Å². The number of ether oxygens (including phenoxy) is 2. The number of methoxy groups -OCH3 is 1. The van der Waals surface area contributed by atoms with Gasteiger partial charge in [0.05, 0.1) is 18.2 Å². The van der Waals surface area contributed by atoms with Crippen molar-refractivity contribution in [3.05, 3.63) is 50.7 Å². The van der Waals surface area contributed by atoms with Gasteiger partial charge in [-0.25, -0.2) is 4.79 Å². The standard InChI is InChI=1S/C20H25N5O5/c1-4-9-25-17(22)16(18(26)23-20(25)28)24(10-11-29-3)19(27)13(2)30-15-7-5-14(12-21)6-8-15/h5-8,13H,4,9-11,22H2,1-3H3,(H,23,26,28)/t13-/m0/s1. The van der Waals surface area contributed by atoms with Gasteiger partial charge in [0.1, 0.15) is 11.6 Å². The van der Waals surface area contributed by atoms with E-state index in [0.29, 0.717) is 17.7 Å². The minimum atomic E-state index is -0.972. The van der Waals surface area contributed by atoms with Crippen LogP contribution in [0.3, 0.4) is 0 Å². The number of nitriles is 1. The van der Waals surface area contributed by atoms with Crippen LogP contribution in [0.2, 0.25) is 0 Å². The SMILES string of the molecule is CCCn1c(N)c(N(CCOC)C(=O)[C@H](C)Oc2ccc(C#N)cc2)c(=O)[nH]c1=O. The lowest BCUT2D eigenvalue weighted by Gasteiger charge is -2.27. The summed E-state index contributed by atoms with van der Waals surface area (Å²) in [6, 6.07) is 8.28. The van der Waals surface area contributed by atoms with Crippen molar-refractivity contribution < 1.29 is 14.3 Å². The number of H-pyrrole nitrogens is 1. The normalized spacial score (nSPS) is 11.5. The predicted molar refractivity (Wildman–Crippen MR) is 112 cm³/mol. The van der Waals surface area contributed by atoms with Gasteiger partial charge in [-0.2, -0.15) is 5.26 Å². The summed E-state index contributed by atoms with van der Waals surface area (Å²) in [6.07, 6.45) is -0.361. The van der Waals surface area contributed by atoms with E-state index in [-0.39, 0.29) is 31.2 Å². The molecule has 1 aromatic carbocycles. The molecule has 0 saturated heterocycles. The third-order valence-corrected chi connectivity index (χ3v) is 4.36. The molecule has 2 rings (SSSR count). The molecule has 0 saturated carbocycles. The lowest BCUT2D eigenvalue weighted by molar-refractivity contribution is -0.124. The number of amides is 1. The van der Waals surface area contributed by atoms with Crippen molar-refractivity contribution in [2.24, 2.45) is 0 Å². The average molecular weight is 415 g/mol. The number of rotatable bonds is 9. The lowest BCUT2D eigenvalue weighted by atomic mass is 10.2. The third-order valence-electron chi connectivity index (χ3n) is 4.36. The molecule has 0 bridgehead atoms. The van der Waals surface area contributed by atoms with Gasteiger partial charge in [-0.3, -0.25) is 24.0 Å². The van der Waals surface area contributed by atoms with Crippen molar-refractivity contribution in [2.45, 2.75) is 32.9 Å². The fourth-order valence-corrected chi connectivity index (χ4v) is 2.88. The van der Waals surface area contributed by atoms with Crippen LogP contribution in [-0.4, -0.2) is 41.8 Å². The molecule has 1 heterocycles. The third kappa shape index (κ3) is 5.07. The number of carbonyl (C=O) groups excluding carboxylic acids is 1. The van der Waals surface area contributed by atoms with Gasteiger partial charge in [0.15, 0.2) is 11.8 Å². The maximum absolute atomic E-state index is 13.1. The summed E-state index contributed by atoms with van der Waals surface area (Å²) < 4.78 is 12.0. The molecule has 160 valence electrons. The number of nitrogen functional groups attached to an aromatic ring is 1. The van der Waals surface area contributed by atoms with Gasteiger partial charge in [-0.1, -0.05) is 6.92 Å². The molecule has 1 aromatic heterocycles. The van der Waals surface area contributed by atoms with Crippen molar-refractivity contribution in [3.8, 4) is 11.8 Å². The second-order valence-corrected chi connectivity index (χ2v) is 6.52. The van der Waals surface area contributed by atoms with Crippen molar-refractivity contribution in [1.29, 1.82) is 5.26 Å². The topological polar surface area (TPSA) is 143 Å². The van der Waals surface area contributed by atoms with E-state index in [2.05, 4.69) is 4.98 Å². The van der Waals surface area contributed by atoms with Crippen molar-refractivity contribution in [2.75, 3.05) is 30.9 Å². The van der Waals surface area contributed by atoms with Gasteiger partial charge in [0.25, 0.3) is 11.5 Å². The van der Waals surface area contributed by atoms with Crippen LogP contribution in [0.4, 0.5) is 11.5 Å². The molecule has 0 aliphatic carbocycles. The van der Waals surface area contributed by atoms with Crippen molar-refractivity contribution in [3.63, 3.8) is 0 Å². The van der Waals surface area contributed by atoms with Crippen molar-refractivity contribution >= 4 is 17.4 Å². The molecule has 1 atom stereocenters. The Morgan fingerprint density at radius 3 is 2.57 bits per heavy atom. The maximum atomic E-state index is 13.1. The van der Waals surface area contributed by atoms with Gasteiger partial charge in [-0.15, -0.1) is 0 Å². The first-order valence-corrected chi connectivity index (χ1v) is 9.43. The molecule has 0 radical (unpaired) electrons. The van der Waals surface area contributed by atoms with Crippen LogP contribution >= 0.6 is 0 Å². The zero-order valence-electron chi connectivity index (χ0n) is 17.2. The molecule has 3 N–H and O–H groups in total. The van der Waals surface area contributed by atoms with Crippen LogP contribution in [0.5, 0.6) is 5.75 Å². The first kappa shape index (κ1) is 22.7. The molecule has 30 heavy (non-hydrogen) atoms. The van der Waals surface area contributed by atoms with Crippen LogP contribution in [-0.2, 0) is 16.1 Å². The second-order valence-electron chi connectivity index (χ2n) is 6.52. The van der Waals surface area contributed by atoms with Gasteiger partial charge in [0, 0.05) is 20.2 Å². The van der Waals surface area contributed by atoms with E-state index in [1.165, 1.54) is 18.6 Å². The van der Waals surface area contributed by atoms with E-state index < -0.39 is 23.3 Å². The number of hydrogen-bond donors (Lipinski definition) is 2. The molecular formula is C20H25N5O5. The summed E-state index contributed by atoms with van der Waals surface area (Å²) in [4.78, 5) is 41.1. The summed E-state index contributed by atoms with van der Waals surface area (Å²) in [5.74, 6) is -0.240. The highest BCUT2D eigenvalue weighted by Gasteiger charge is 2.28. The Morgan fingerprint density at radius 2 is 2.00 bits per heavy atom. The molecule has 0 unspecified atom stereocenters. The molecule has 0 fully saturated rings. The average Bonchev–Trinajstić information content (AvgIpc) is 2.73. The number of nitrogens with two attached hydrogens (primary N) is 1. The van der Waals surface area contributed by atoms with E-state index in [1.54, 1.807) is 24.3 Å². The van der Waals surface area contributed by atoms with E-state index in [4.69, 9.17) is 20.5 Å². The number of aromatic amines is 1. The molecule has 1 amide bonds. The van der Waals surface area contributed by atoms with Gasteiger partial charge in [0.2, 0.25) is 0 Å². The molecule has 0 aliphatic heterocycles. The van der Waals surface area contributed by atoms with Crippen LogP contribution in [0.15, 0.2) is 33.9 Å². The lowest BCUT2D eigenvalue weighted by Crippen LogP contribution is -2.47. The molecular weight excluding hydrogens is 390 g/mol. The van der Waals surface area contributed by atoms with E-state index in [1.807, 2.05) is 13.0 Å². The first-order chi connectivity index (χ1) is 14.3.